The molecule has 0 bridgehead atoms. The van der Waals surface area contributed by atoms with Crippen molar-refractivity contribution in [2.75, 3.05) is 6.61 Å². The van der Waals surface area contributed by atoms with E-state index in [1.807, 2.05) is 32.0 Å². The molecule has 1 aromatic carbocycles. The highest BCUT2D eigenvalue weighted by Gasteiger charge is 2.27. The van der Waals surface area contributed by atoms with E-state index in [4.69, 9.17) is 9.47 Å². The predicted molar refractivity (Wildman–Crippen MR) is 78.6 cm³/mol. The maximum absolute atomic E-state index is 12.2. The lowest BCUT2D eigenvalue weighted by molar-refractivity contribution is -0.130. The molecule has 1 atom stereocenters. The van der Waals surface area contributed by atoms with Gasteiger partial charge < -0.3 is 14.8 Å². The molecule has 1 aromatic heterocycles. The third-order valence-electron chi connectivity index (χ3n) is 3.43. The average Bonchev–Trinajstić information content (AvgIpc) is 2.92. The Kier molecular flexibility index (Phi) is 3.95. The lowest BCUT2D eigenvalue weighted by atomic mass is 10.2. The van der Waals surface area contributed by atoms with E-state index in [1.54, 1.807) is 10.9 Å². The Balaban J connectivity index is 1.60. The standard InChI is InChI=1S/C15H18N4O3/c1-3-19-17-10(2)11(18-19)8-16-15(20)14-9-21-12-6-4-5-7-13(12)22-14/h4-7,14H,3,8-9H2,1-2H3,(H,16,20). The maximum atomic E-state index is 12.2. The number of rotatable bonds is 4. The second-order valence-electron chi connectivity index (χ2n) is 5.00. The molecular formula is C15H18N4O3. The fourth-order valence-electron chi connectivity index (χ4n) is 2.20. The van der Waals surface area contributed by atoms with Crippen molar-refractivity contribution in [1.29, 1.82) is 0 Å². The largest absolute Gasteiger partial charge is 0.485 e. The molecule has 2 aromatic rings. The van der Waals surface area contributed by atoms with Crippen molar-refractivity contribution >= 4 is 5.91 Å². The minimum atomic E-state index is -0.656. The van der Waals surface area contributed by atoms with Gasteiger partial charge in [0.1, 0.15) is 12.3 Å². The quantitative estimate of drug-likeness (QED) is 0.914. The molecule has 0 spiro atoms. The number of amides is 1. The van der Waals surface area contributed by atoms with Crippen LogP contribution >= 0.6 is 0 Å². The number of hydrogen-bond acceptors (Lipinski definition) is 5. The number of aryl methyl sites for hydroxylation is 2. The van der Waals surface area contributed by atoms with Crippen LogP contribution in [0.25, 0.3) is 0 Å². The van der Waals surface area contributed by atoms with Gasteiger partial charge in [-0.05, 0) is 26.0 Å². The van der Waals surface area contributed by atoms with Crippen LogP contribution in [0, 0.1) is 6.92 Å². The first-order valence-corrected chi connectivity index (χ1v) is 7.24. The monoisotopic (exact) mass is 302 g/mol. The van der Waals surface area contributed by atoms with Gasteiger partial charge in [-0.1, -0.05) is 12.1 Å². The number of nitrogens with one attached hydrogen (secondary N) is 1. The van der Waals surface area contributed by atoms with E-state index >= 15 is 0 Å². The van der Waals surface area contributed by atoms with Gasteiger partial charge in [0.25, 0.3) is 5.91 Å². The first-order valence-electron chi connectivity index (χ1n) is 7.24. The van der Waals surface area contributed by atoms with E-state index in [1.165, 1.54) is 0 Å². The Labute approximate surface area is 128 Å². The molecule has 7 heteroatoms. The summed E-state index contributed by atoms with van der Waals surface area (Å²) >= 11 is 0. The fraction of sp³-hybridized carbons (Fsp3) is 0.400. The summed E-state index contributed by atoms with van der Waals surface area (Å²) in [4.78, 5) is 13.8. The number of carbonyl (C=O) groups is 1. The van der Waals surface area contributed by atoms with E-state index < -0.39 is 6.10 Å². The summed E-state index contributed by atoms with van der Waals surface area (Å²) in [5.74, 6) is 1.02. The van der Waals surface area contributed by atoms with Gasteiger partial charge >= 0.3 is 0 Å². The molecule has 2 heterocycles. The van der Waals surface area contributed by atoms with Crippen LogP contribution in [-0.4, -0.2) is 33.6 Å². The van der Waals surface area contributed by atoms with Crippen LogP contribution in [0.5, 0.6) is 11.5 Å². The fourth-order valence-corrected chi connectivity index (χ4v) is 2.20. The number of para-hydroxylation sites is 2. The molecule has 1 N–H and O–H groups in total. The van der Waals surface area contributed by atoms with E-state index in [0.717, 1.165) is 11.4 Å². The van der Waals surface area contributed by atoms with Gasteiger partial charge in [0.15, 0.2) is 11.5 Å². The predicted octanol–water partition coefficient (Wildman–Crippen LogP) is 1.06. The summed E-state index contributed by atoms with van der Waals surface area (Å²) in [6.45, 7) is 5.06. The number of ether oxygens (including phenoxy) is 2. The molecule has 7 nitrogen and oxygen atoms in total. The first kappa shape index (κ1) is 14.4. The zero-order valence-electron chi connectivity index (χ0n) is 12.6. The molecule has 1 aliphatic heterocycles. The average molecular weight is 302 g/mol. The second kappa shape index (κ2) is 6.05. The van der Waals surface area contributed by atoms with Crippen LogP contribution in [0.2, 0.25) is 0 Å². The van der Waals surface area contributed by atoms with Crippen molar-refractivity contribution in [2.24, 2.45) is 0 Å². The van der Waals surface area contributed by atoms with Gasteiger partial charge in [0, 0.05) is 0 Å². The van der Waals surface area contributed by atoms with Crippen LogP contribution in [0.1, 0.15) is 18.3 Å². The van der Waals surface area contributed by atoms with Crippen molar-refractivity contribution in [3.8, 4) is 11.5 Å². The molecule has 1 aliphatic rings. The summed E-state index contributed by atoms with van der Waals surface area (Å²) in [7, 11) is 0. The Hall–Kier alpha value is -2.57. The smallest absolute Gasteiger partial charge is 0.265 e. The van der Waals surface area contributed by atoms with E-state index in [9.17, 15) is 4.79 Å². The van der Waals surface area contributed by atoms with Crippen LogP contribution in [0.15, 0.2) is 24.3 Å². The van der Waals surface area contributed by atoms with Gasteiger partial charge in [-0.15, -0.1) is 0 Å². The highest BCUT2D eigenvalue weighted by atomic mass is 16.6. The molecule has 1 unspecified atom stereocenters. The second-order valence-corrected chi connectivity index (χ2v) is 5.00. The van der Waals surface area contributed by atoms with Gasteiger partial charge in [-0.25, -0.2) is 0 Å². The maximum Gasteiger partial charge on any atom is 0.265 e. The van der Waals surface area contributed by atoms with E-state index in [0.29, 0.717) is 24.6 Å². The third kappa shape index (κ3) is 2.88. The van der Waals surface area contributed by atoms with Crippen molar-refractivity contribution in [2.45, 2.75) is 33.0 Å². The molecule has 0 aliphatic carbocycles. The Bertz CT molecular complexity index is 683. The number of carbonyl (C=O) groups excluding carboxylic acids is 1. The molecule has 1 amide bonds. The van der Waals surface area contributed by atoms with Crippen molar-refractivity contribution in [1.82, 2.24) is 20.3 Å². The molecule has 0 saturated heterocycles. The van der Waals surface area contributed by atoms with Crippen LogP contribution in [0.4, 0.5) is 0 Å². The lowest BCUT2D eigenvalue weighted by Crippen LogP contribution is -2.43. The van der Waals surface area contributed by atoms with Crippen molar-refractivity contribution in [3.05, 3.63) is 35.7 Å². The molecule has 3 rings (SSSR count). The van der Waals surface area contributed by atoms with Crippen LogP contribution in [0.3, 0.4) is 0 Å². The van der Waals surface area contributed by atoms with Crippen LogP contribution in [-0.2, 0) is 17.9 Å². The number of hydrogen-bond donors (Lipinski definition) is 1. The molecule has 0 fully saturated rings. The minimum Gasteiger partial charge on any atom is -0.485 e. The molecule has 22 heavy (non-hydrogen) atoms. The lowest BCUT2D eigenvalue weighted by Gasteiger charge is -2.25. The van der Waals surface area contributed by atoms with E-state index in [2.05, 4.69) is 15.5 Å². The molecule has 116 valence electrons. The highest BCUT2D eigenvalue weighted by molar-refractivity contribution is 5.81. The third-order valence-corrected chi connectivity index (χ3v) is 3.43. The van der Waals surface area contributed by atoms with Gasteiger partial charge in [-0.3, -0.25) is 4.79 Å². The number of aromatic nitrogens is 3. The van der Waals surface area contributed by atoms with Gasteiger partial charge in [0.2, 0.25) is 6.10 Å². The molecular weight excluding hydrogens is 284 g/mol. The normalized spacial score (nSPS) is 16.4. The zero-order valence-corrected chi connectivity index (χ0v) is 12.6. The summed E-state index contributed by atoms with van der Waals surface area (Å²) in [6, 6.07) is 7.30. The summed E-state index contributed by atoms with van der Waals surface area (Å²) in [5.41, 5.74) is 1.57. The number of fused-ring (bicyclic) bond motifs is 1. The molecule has 0 saturated carbocycles. The summed E-state index contributed by atoms with van der Waals surface area (Å²) in [5, 5.41) is 11.4. The number of nitrogens with zero attached hydrogens (tertiary/aromatic N) is 3. The topological polar surface area (TPSA) is 78.3 Å². The summed E-state index contributed by atoms with van der Waals surface area (Å²) in [6.07, 6.45) is -0.656. The van der Waals surface area contributed by atoms with Crippen molar-refractivity contribution in [3.63, 3.8) is 0 Å². The van der Waals surface area contributed by atoms with Crippen LogP contribution < -0.4 is 14.8 Å². The summed E-state index contributed by atoms with van der Waals surface area (Å²) < 4.78 is 11.2. The highest BCUT2D eigenvalue weighted by Crippen LogP contribution is 2.30. The Morgan fingerprint density at radius 2 is 2.14 bits per heavy atom. The zero-order chi connectivity index (χ0) is 15.5. The SMILES string of the molecule is CCn1nc(C)c(CNC(=O)C2COc3ccccc3O2)n1. The van der Waals surface area contributed by atoms with E-state index in [-0.39, 0.29) is 12.5 Å². The minimum absolute atomic E-state index is 0.198. The number of benzene rings is 1. The van der Waals surface area contributed by atoms with Gasteiger partial charge in [-0.2, -0.15) is 15.0 Å². The van der Waals surface area contributed by atoms with Gasteiger partial charge in [0.05, 0.1) is 18.8 Å². The first-order chi connectivity index (χ1) is 10.7. The van der Waals surface area contributed by atoms with Crippen molar-refractivity contribution < 1.29 is 14.3 Å². The Morgan fingerprint density at radius 3 is 2.86 bits per heavy atom. The Morgan fingerprint density at radius 1 is 1.36 bits per heavy atom. The molecule has 0 radical (unpaired) electrons.